The lowest BCUT2D eigenvalue weighted by atomic mass is 10.00. The first-order chi connectivity index (χ1) is 9.65. The number of aliphatic hydroxyl groups is 1. The third kappa shape index (κ3) is 2.66. The quantitative estimate of drug-likeness (QED) is 0.645. The van der Waals surface area contributed by atoms with Crippen molar-refractivity contribution in [2.75, 3.05) is 0 Å². The van der Waals surface area contributed by atoms with Gasteiger partial charge in [-0.3, -0.25) is 4.98 Å². The molecule has 0 saturated heterocycles. The van der Waals surface area contributed by atoms with E-state index in [9.17, 15) is 5.11 Å². The maximum atomic E-state index is 10.5. The molecule has 0 aliphatic carbocycles. The summed E-state index contributed by atoms with van der Waals surface area (Å²) in [7, 11) is 0. The Hall–Kier alpha value is -1.17. The van der Waals surface area contributed by atoms with E-state index in [1.165, 1.54) is 0 Å². The van der Waals surface area contributed by atoms with Gasteiger partial charge in [0, 0.05) is 15.2 Å². The van der Waals surface area contributed by atoms with Gasteiger partial charge in [-0.05, 0) is 64.0 Å². The number of aromatic nitrogens is 1. The van der Waals surface area contributed by atoms with Crippen molar-refractivity contribution in [2.45, 2.75) is 6.10 Å². The summed E-state index contributed by atoms with van der Waals surface area (Å²) < 4.78 is 0.975. The SMILES string of the molecule is OC(c1ccc(I)c(Cl)c1)c1ccc2ncccc2c1. The molecule has 4 heteroatoms. The number of pyridine rings is 1. The molecule has 1 aromatic heterocycles. The standard InChI is InChI=1S/C16H11ClINO/c17-13-9-12(3-5-14(13)18)16(20)11-4-6-15-10(8-11)2-1-7-19-15/h1-9,16,20H. The number of aliphatic hydroxyl groups excluding tert-OH is 1. The van der Waals surface area contributed by atoms with Crippen LogP contribution in [0, 0.1) is 3.57 Å². The fraction of sp³-hybridized carbons (Fsp3) is 0.0625. The highest BCUT2D eigenvalue weighted by Gasteiger charge is 2.12. The van der Waals surface area contributed by atoms with E-state index in [0.717, 1.165) is 25.6 Å². The Morgan fingerprint density at radius 1 is 1.05 bits per heavy atom. The molecule has 0 amide bonds. The summed E-state index contributed by atoms with van der Waals surface area (Å²) >= 11 is 8.28. The second kappa shape index (κ2) is 5.68. The zero-order valence-electron chi connectivity index (χ0n) is 10.4. The van der Waals surface area contributed by atoms with Crippen LogP contribution in [0.15, 0.2) is 54.7 Å². The van der Waals surface area contributed by atoms with Crippen LogP contribution in [0.4, 0.5) is 0 Å². The van der Waals surface area contributed by atoms with E-state index in [0.29, 0.717) is 5.02 Å². The lowest BCUT2D eigenvalue weighted by Gasteiger charge is -2.13. The Morgan fingerprint density at radius 3 is 2.60 bits per heavy atom. The first-order valence-corrected chi connectivity index (χ1v) is 7.58. The lowest BCUT2D eigenvalue weighted by Crippen LogP contribution is -2.00. The number of hydrogen-bond acceptors (Lipinski definition) is 2. The minimum atomic E-state index is -0.686. The molecule has 0 bridgehead atoms. The van der Waals surface area contributed by atoms with Gasteiger partial charge in [-0.25, -0.2) is 0 Å². The van der Waals surface area contributed by atoms with E-state index in [2.05, 4.69) is 27.6 Å². The van der Waals surface area contributed by atoms with E-state index in [1.54, 1.807) is 12.3 Å². The molecular weight excluding hydrogens is 385 g/mol. The van der Waals surface area contributed by atoms with Crippen LogP contribution in [0.3, 0.4) is 0 Å². The van der Waals surface area contributed by atoms with Gasteiger partial charge in [0.2, 0.25) is 0 Å². The number of fused-ring (bicyclic) bond motifs is 1. The smallest absolute Gasteiger partial charge is 0.104 e. The topological polar surface area (TPSA) is 33.1 Å². The minimum absolute atomic E-state index is 0.657. The molecule has 2 aromatic carbocycles. The van der Waals surface area contributed by atoms with Crippen LogP contribution in [0.25, 0.3) is 10.9 Å². The van der Waals surface area contributed by atoms with Crippen molar-refractivity contribution in [1.29, 1.82) is 0 Å². The molecule has 0 radical (unpaired) electrons. The molecule has 0 saturated carbocycles. The van der Waals surface area contributed by atoms with Gasteiger partial charge in [0.1, 0.15) is 6.10 Å². The van der Waals surface area contributed by atoms with Crippen molar-refractivity contribution in [2.24, 2.45) is 0 Å². The molecule has 0 aliphatic rings. The van der Waals surface area contributed by atoms with E-state index < -0.39 is 6.10 Å². The lowest BCUT2D eigenvalue weighted by molar-refractivity contribution is 0.220. The van der Waals surface area contributed by atoms with Crippen molar-refractivity contribution in [3.63, 3.8) is 0 Å². The third-order valence-corrected chi connectivity index (χ3v) is 4.77. The Balaban J connectivity index is 2.02. The summed E-state index contributed by atoms with van der Waals surface area (Å²) in [5, 5.41) is 12.2. The minimum Gasteiger partial charge on any atom is -0.384 e. The average molecular weight is 396 g/mol. The zero-order chi connectivity index (χ0) is 14.1. The summed E-state index contributed by atoms with van der Waals surface area (Å²) in [6, 6.07) is 15.3. The van der Waals surface area contributed by atoms with Gasteiger partial charge >= 0.3 is 0 Å². The number of rotatable bonds is 2. The number of nitrogens with zero attached hydrogens (tertiary/aromatic N) is 1. The van der Waals surface area contributed by atoms with Crippen molar-refractivity contribution in [3.05, 3.63) is 74.4 Å². The summed E-state index contributed by atoms with van der Waals surface area (Å²) in [4.78, 5) is 4.28. The van der Waals surface area contributed by atoms with Crippen LogP contribution >= 0.6 is 34.2 Å². The summed E-state index contributed by atoms with van der Waals surface area (Å²) in [6.07, 6.45) is 1.08. The average Bonchev–Trinajstić information content (AvgIpc) is 2.49. The monoisotopic (exact) mass is 395 g/mol. The molecule has 3 aromatic rings. The van der Waals surface area contributed by atoms with Gasteiger partial charge in [-0.15, -0.1) is 0 Å². The molecular formula is C16H11ClINO. The Kier molecular flexibility index (Phi) is 3.92. The highest BCUT2D eigenvalue weighted by atomic mass is 127. The van der Waals surface area contributed by atoms with Gasteiger partial charge in [0.15, 0.2) is 0 Å². The maximum absolute atomic E-state index is 10.5. The van der Waals surface area contributed by atoms with E-state index in [1.807, 2.05) is 42.5 Å². The Labute approximate surface area is 135 Å². The van der Waals surface area contributed by atoms with Gasteiger partial charge in [0.05, 0.1) is 10.5 Å². The van der Waals surface area contributed by atoms with Gasteiger partial charge in [0.25, 0.3) is 0 Å². The van der Waals surface area contributed by atoms with Crippen LogP contribution in [0.2, 0.25) is 5.02 Å². The largest absolute Gasteiger partial charge is 0.384 e. The fourth-order valence-electron chi connectivity index (χ4n) is 2.14. The molecule has 1 N–H and O–H groups in total. The highest BCUT2D eigenvalue weighted by molar-refractivity contribution is 14.1. The van der Waals surface area contributed by atoms with Crippen LogP contribution in [-0.2, 0) is 0 Å². The highest BCUT2D eigenvalue weighted by Crippen LogP contribution is 2.28. The van der Waals surface area contributed by atoms with Crippen molar-refractivity contribution in [3.8, 4) is 0 Å². The molecule has 1 heterocycles. The number of halogens is 2. The molecule has 20 heavy (non-hydrogen) atoms. The number of benzene rings is 2. The second-order valence-electron chi connectivity index (χ2n) is 4.53. The van der Waals surface area contributed by atoms with Crippen LogP contribution < -0.4 is 0 Å². The first kappa shape index (κ1) is 13.8. The molecule has 0 fully saturated rings. The third-order valence-electron chi connectivity index (χ3n) is 3.20. The number of hydrogen-bond donors (Lipinski definition) is 1. The Morgan fingerprint density at radius 2 is 1.80 bits per heavy atom. The predicted molar refractivity (Wildman–Crippen MR) is 90.0 cm³/mol. The molecule has 1 atom stereocenters. The summed E-state index contributed by atoms with van der Waals surface area (Å²) in [5.74, 6) is 0. The van der Waals surface area contributed by atoms with Crippen LogP contribution in [-0.4, -0.2) is 10.1 Å². The normalized spacial score (nSPS) is 12.6. The Bertz CT molecular complexity index is 775. The zero-order valence-corrected chi connectivity index (χ0v) is 13.3. The van der Waals surface area contributed by atoms with Crippen molar-refractivity contribution < 1.29 is 5.11 Å². The molecule has 0 aliphatic heterocycles. The summed E-state index contributed by atoms with van der Waals surface area (Å²) in [5.41, 5.74) is 2.55. The fourth-order valence-corrected chi connectivity index (χ4v) is 2.66. The maximum Gasteiger partial charge on any atom is 0.104 e. The summed E-state index contributed by atoms with van der Waals surface area (Å²) in [6.45, 7) is 0. The van der Waals surface area contributed by atoms with Crippen LogP contribution in [0.5, 0.6) is 0 Å². The first-order valence-electron chi connectivity index (χ1n) is 6.13. The molecule has 0 spiro atoms. The van der Waals surface area contributed by atoms with Gasteiger partial charge < -0.3 is 5.11 Å². The van der Waals surface area contributed by atoms with E-state index in [4.69, 9.17) is 11.6 Å². The van der Waals surface area contributed by atoms with E-state index >= 15 is 0 Å². The van der Waals surface area contributed by atoms with Gasteiger partial charge in [-0.1, -0.05) is 29.8 Å². The molecule has 3 rings (SSSR count). The molecule has 100 valence electrons. The van der Waals surface area contributed by atoms with Crippen molar-refractivity contribution in [1.82, 2.24) is 4.98 Å². The predicted octanol–water partition coefficient (Wildman–Crippen LogP) is 4.57. The molecule has 2 nitrogen and oxygen atoms in total. The molecule has 1 unspecified atom stereocenters. The van der Waals surface area contributed by atoms with Crippen LogP contribution in [0.1, 0.15) is 17.2 Å². The van der Waals surface area contributed by atoms with Crippen molar-refractivity contribution >= 4 is 45.1 Å². The second-order valence-corrected chi connectivity index (χ2v) is 6.10. The van der Waals surface area contributed by atoms with E-state index in [-0.39, 0.29) is 0 Å². The van der Waals surface area contributed by atoms with Gasteiger partial charge in [-0.2, -0.15) is 0 Å².